The summed E-state index contributed by atoms with van der Waals surface area (Å²) in [5.74, 6) is 0. The number of nitrogens with one attached hydrogen (secondary N) is 2. The van der Waals surface area contributed by atoms with Crippen molar-refractivity contribution in [1.82, 2.24) is 4.72 Å². The third-order valence-corrected chi connectivity index (χ3v) is 5.38. The van der Waals surface area contributed by atoms with E-state index in [9.17, 15) is 31.7 Å². The maximum Gasteiger partial charge on any atom is 0.418 e. The van der Waals surface area contributed by atoms with Gasteiger partial charge in [0.05, 0.1) is 15.4 Å². The quantitative estimate of drug-likeness (QED) is 0.366. The summed E-state index contributed by atoms with van der Waals surface area (Å²) in [5, 5.41) is 13.1. The Labute approximate surface area is 160 Å². The van der Waals surface area contributed by atoms with Crippen LogP contribution < -0.4 is 10.0 Å². The number of halogens is 4. The van der Waals surface area contributed by atoms with E-state index in [4.69, 9.17) is 0 Å². The van der Waals surface area contributed by atoms with Gasteiger partial charge >= 0.3 is 6.18 Å². The van der Waals surface area contributed by atoms with Gasteiger partial charge in [0, 0.05) is 35.4 Å². The van der Waals surface area contributed by atoms with Gasteiger partial charge in [-0.3, -0.25) is 10.1 Å². The first-order chi connectivity index (χ1) is 12.5. The topological polar surface area (TPSA) is 101 Å². The third-order valence-electron chi connectivity index (χ3n) is 3.38. The minimum Gasteiger partial charge on any atom is -0.383 e. The van der Waals surface area contributed by atoms with E-state index in [1.54, 1.807) is 12.1 Å². The standard InChI is InChI=1S/C15H13BrF3N3O4S/c16-10-1-4-12(5-2-10)27(25,26)21-8-7-20-14-6-3-11(22(23)24)9-13(14)15(17,18)19/h1-6,9,20-21H,7-8H2. The molecular formula is C15H13BrF3N3O4S. The fourth-order valence-electron chi connectivity index (χ4n) is 2.11. The predicted molar refractivity (Wildman–Crippen MR) is 95.9 cm³/mol. The number of anilines is 1. The molecule has 0 heterocycles. The lowest BCUT2D eigenvalue weighted by atomic mass is 10.1. The molecule has 0 aliphatic carbocycles. The van der Waals surface area contributed by atoms with Gasteiger partial charge in [-0.2, -0.15) is 13.2 Å². The summed E-state index contributed by atoms with van der Waals surface area (Å²) in [5.41, 5.74) is -2.27. The lowest BCUT2D eigenvalue weighted by Gasteiger charge is -2.14. The minimum absolute atomic E-state index is 0.0111. The van der Waals surface area contributed by atoms with Crippen LogP contribution in [0.15, 0.2) is 51.8 Å². The second-order valence-corrected chi connectivity index (χ2v) is 7.95. The van der Waals surface area contributed by atoms with Gasteiger partial charge in [-0.05, 0) is 30.3 Å². The zero-order valence-corrected chi connectivity index (χ0v) is 15.9. The van der Waals surface area contributed by atoms with E-state index in [0.29, 0.717) is 10.5 Å². The molecule has 0 spiro atoms. The van der Waals surface area contributed by atoms with Crippen LogP contribution in [0.5, 0.6) is 0 Å². The third kappa shape index (κ3) is 5.65. The van der Waals surface area contributed by atoms with Crippen molar-refractivity contribution in [3.8, 4) is 0 Å². The monoisotopic (exact) mass is 467 g/mol. The second-order valence-electron chi connectivity index (χ2n) is 5.26. The molecule has 0 atom stereocenters. The van der Waals surface area contributed by atoms with Gasteiger partial charge in [-0.25, -0.2) is 13.1 Å². The van der Waals surface area contributed by atoms with Crippen molar-refractivity contribution < 1.29 is 26.5 Å². The first-order valence-corrected chi connectivity index (χ1v) is 9.63. The van der Waals surface area contributed by atoms with E-state index < -0.39 is 32.4 Å². The van der Waals surface area contributed by atoms with E-state index >= 15 is 0 Å². The molecule has 2 N–H and O–H groups in total. The van der Waals surface area contributed by atoms with Gasteiger partial charge in [0.2, 0.25) is 10.0 Å². The van der Waals surface area contributed by atoms with E-state index in [0.717, 1.165) is 12.1 Å². The Kier molecular flexibility index (Phi) is 6.44. The Hall–Kier alpha value is -2.18. The van der Waals surface area contributed by atoms with Gasteiger partial charge < -0.3 is 5.32 Å². The predicted octanol–water partition coefficient (Wildman–Crippen LogP) is 3.77. The van der Waals surface area contributed by atoms with Gasteiger partial charge in [0.15, 0.2) is 0 Å². The van der Waals surface area contributed by atoms with Crippen molar-refractivity contribution >= 4 is 37.3 Å². The molecule has 27 heavy (non-hydrogen) atoms. The van der Waals surface area contributed by atoms with Gasteiger partial charge in [-0.1, -0.05) is 15.9 Å². The summed E-state index contributed by atoms with van der Waals surface area (Å²) in [6, 6.07) is 8.12. The van der Waals surface area contributed by atoms with Crippen LogP contribution in [0.3, 0.4) is 0 Å². The molecule has 0 radical (unpaired) electrons. The number of hydrogen-bond acceptors (Lipinski definition) is 5. The molecule has 0 aliphatic rings. The molecule has 12 heteroatoms. The van der Waals surface area contributed by atoms with Crippen molar-refractivity contribution in [2.24, 2.45) is 0 Å². The van der Waals surface area contributed by atoms with Crippen LogP contribution in [0.2, 0.25) is 0 Å². The lowest BCUT2D eigenvalue weighted by Crippen LogP contribution is -2.29. The van der Waals surface area contributed by atoms with Crippen LogP contribution >= 0.6 is 15.9 Å². The van der Waals surface area contributed by atoms with Gasteiger partial charge in [0.1, 0.15) is 0 Å². The largest absolute Gasteiger partial charge is 0.418 e. The molecule has 0 aliphatic heterocycles. The molecular weight excluding hydrogens is 455 g/mol. The molecule has 0 saturated carbocycles. The van der Waals surface area contributed by atoms with E-state index in [1.165, 1.54) is 12.1 Å². The Balaban J connectivity index is 2.04. The summed E-state index contributed by atoms with van der Waals surface area (Å²) in [4.78, 5) is 9.74. The average Bonchev–Trinajstić information content (AvgIpc) is 2.58. The smallest absolute Gasteiger partial charge is 0.383 e. The maximum atomic E-state index is 13.1. The van der Waals surface area contributed by atoms with Crippen LogP contribution in [-0.4, -0.2) is 26.4 Å². The Morgan fingerprint density at radius 3 is 2.26 bits per heavy atom. The Bertz CT molecular complexity index is 934. The zero-order valence-electron chi connectivity index (χ0n) is 13.5. The van der Waals surface area contributed by atoms with Crippen LogP contribution in [0.1, 0.15) is 5.56 Å². The van der Waals surface area contributed by atoms with E-state index in [-0.39, 0.29) is 23.7 Å². The summed E-state index contributed by atoms with van der Waals surface area (Å²) in [6.07, 6.45) is -4.80. The first kappa shape index (κ1) is 21.1. The number of benzene rings is 2. The maximum absolute atomic E-state index is 13.1. The highest BCUT2D eigenvalue weighted by molar-refractivity contribution is 9.10. The molecule has 0 aromatic heterocycles. The number of nitro groups is 1. The van der Waals surface area contributed by atoms with E-state index in [1.807, 2.05) is 0 Å². The molecule has 0 saturated heterocycles. The van der Waals surface area contributed by atoms with Crippen LogP contribution in [-0.2, 0) is 16.2 Å². The molecule has 0 bridgehead atoms. The minimum atomic E-state index is -4.80. The number of hydrogen-bond donors (Lipinski definition) is 2. The number of nitro benzene ring substituents is 1. The molecule has 0 amide bonds. The summed E-state index contributed by atoms with van der Waals surface area (Å²) in [7, 11) is -3.81. The number of alkyl halides is 3. The van der Waals surface area contributed by atoms with Crippen molar-refractivity contribution in [3.63, 3.8) is 0 Å². The number of nitrogens with zero attached hydrogens (tertiary/aromatic N) is 1. The molecule has 7 nitrogen and oxygen atoms in total. The number of non-ortho nitro benzene ring substituents is 1. The molecule has 0 unspecified atom stereocenters. The van der Waals surface area contributed by atoms with Gasteiger partial charge in [-0.15, -0.1) is 0 Å². The highest BCUT2D eigenvalue weighted by atomic mass is 79.9. The fourth-order valence-corrected chi connectivity index (χ4v) is 3.41. The molecule has 0 fully saturated rings. The first-order valence-electron chi connectivity index (χ1n) is 7.35. The summed E-state index contributed by atoms with van der Waals surface area (Å²) in [6.45, 7) is -0.344. The van der Waals surface area contributed by atoms with Crippen molar-refractivity contribution in [2.75, 3.05) is 18.4 Å². The SMILES string of the molecule is O=[N+]([O-])c1ccc(NCCNS(=O)(=O)c2ccc(Br)cc2)c(C(F)(F)F)c1. The molecule has 2 rings (SSSR count). The van der Waals surface area contributed by atoms with Crippen LogP contribution in [0, 0.1) is 10.1 Å². The van der Waals surface area contributed by atoms with Crippen molar-refractivity contribution in [2.45, 2.75) is 11.1 Å². The van der Waals surface area contributed by atoms with E-state index in [2.05, 4.69) is 26.0 Å². The Morgan fingerprint density at radius 1 is 1.07 bits per heavy atom. The van der Waals surface area contributed by atoms with Crippen LogP contribution in [0.25, 0.3) is 0 Å². The number of sulfonamides is 1. The second kappa shape index (κ2) is 8.23. The number of rotatable bonds is 7. The van der Waals surface area contributed by atoms with Crippen molar-refractivity contribution in [3.05, 3.63) is 62.6 Å². The lowest BCUT2D eigenvalue weighted by molar-refractivity contribution is -0.385. The zero-order chi connectivity index (χ0) is 20.2. The molecule has 2 aromatic rings. The highest BCUT2D eigenvalue weighted by Crippen LogP contribution is 2.36. The van der Waals surface area contributed by atoms with Crippen LogP contribution in [0.4, 0.5) is 24.5 Å². The Morgan fingerprint density at radius 2 is 1.70 bits per heavy atom. The normalized spacial score (nSPS) is 12.0. The van der Waals surface area contributed by atoms with Crippen molar-refractivity contribution in [1.29, 1.82) is 0 Å². The average molecular weight is 468 g/mol. The molecule has 2 aromatic carbocycles. The molecule has 146 valence electrons. The highest BCUT2D eigenvalue weighted by Gasteiger charge is 2.35. The summed E-state index contributed by atoms with van der Waals surface area (Å²) >= 11 is 3.18. The fraction of sp³-hybridized carbons (Fsp3) is 0.200. The van der Waals surface area contributed by atoms with Gasteiger partial charge in [0.25, 0.3) is 5.69 Å². The summed E-state index contributed by atoms with van der Waals surface area (Å²) < 4.78 is 66.3.